The van der Waals surface area contributed by atoms with Gasteiger partial charge >= 0.3 is 0 Å². The predicted octanol–water partition coefficient (Wildman–Crippen LogP) is 1.02. The number of nitrogens with zero attached hydrogens (tertiary/aromatic N) is 2. The lowest BCUT2D eigenvalue weighted by Gasteiger charge is -2.06. The standard InChI is InChI=1S/C13H16N2O3S/c1-19(17,18)13-8-14-15(9-13)7-6-11-4-2-3-5-12(11)10-16/h2-5,8-9,16H,6-7,10H2,1H3. The molecule has 1 heterocycles. The minimum absolute atomic E-state index is 0.00384. The van der Waals surface area contributed by atoms with Crippen molar-refractivity contribution in [1.82, 2.24) is 9.78 Å². The fourth-order valence-corrected chi connectivity index (χ4v) is 2.40. The fraction of sp³-hybridized carbons (Fsp3) is 0.308. The van der Waals surface area contributed by atoms with Crippen LogP contribution in [0.5, 0.6) is 0 Å². The van der Waals surface area contributed by atoms with E-state index in [4.69, 9.17) is 0 Å². The number of benzene rings is 1. The molecule has 0 aliphatic rings. The summed E-state index contributed by atoms with van der Waals surface area (Å²) in [4.78, 5) is 0.225. The molecule has 6 heteroatoms. The molecule has 0 fully saturated rings. The third kappa shape index (κ3) is 3.42. The van der Waals surface area contributed by atoms with Crippen LogP contribution in [0.25, 0.3) is 0 Å². The molecule has 102 valence electrons. The zero-order valence-corrected chi connectivity index (χ0v) is 11.5. The van der Waals surface area contributed by atoms with Crippen molar-refractivity contribution in [1.29, 1.82) is 0 Å². The van der Waals surface area contributed by atoms with Gasteiger partial charge < -0.3 is 5.11 Å². The highest BCUT2D eigenvalue weighted by Crippen LogP contribution is 2.11. The minimum atomic E-state index is -3.20. The average Bonchev–Trinajstić information content (AvgIpc) is 2.85. The Morgan fingerprint density at radius 2 is 1.95 bits per heavy atom. The Bertz CT molecular complexity index is 662. The van der Waals surface area contributed by atoms with Gasteiger partial charge in [-0.2, -0.15) is 5.10 Å². The summed E-state index contributed by atoms with van der Waals surface area (Å²) < 4.78 is 24.3. The Hall–Kier alpha value is -1.66. The van der Waals surface area contributed by atoms with E-state index >= 15 is 0 Å². The molecule has 0 unspecified atom stereocenters. The van der Waals surface area contributed by atoms with Crippen molar-refractivity contribution in [3.05, 3.63) is 47.8 Å². The highest BCUT2D eigenvalue weighted by Gasteiger charge is 2.10. The molecule has 0 saturated carbocycles. The highest BCUT2D eigenvalue weighted by atomic mass is 32.2. The molecule has 5 nitrogen and oxygen atoms in total. The van der Waals surface area contributed by atoms with Crippen LogP contribution < -0.4 is 0 Å². The van der Waals surface area contributed by atoms with Crippen molar-refractivity contribution >= 4 is 9.84 Å². The van der Waals surface area contributed by atoms with E-state index in [-0.39, 0.29) is 11.5 Å². The molecule has 2 rings (SSSR count). The fourth-order valence-electron chi connectivity index (χ4n) is 1.85. The number of aryl methyl sites for hydroxylation is 2. The van der Waals surface area contributed by atoms with E-state index in [0.717, 1.165) is 17.4 Å². The van der Waals surface area contributed by atoms with Crippen molar-refractivity contribution in [2.24, 2.45) is 0 Å². The third-order valence-electron chi connectivity index (χ3n) is 2.94. The van der Waals surface area contributed by atoms with Gasteiger partial charge in [0.15, 0.2) is 9.84 Å². The molecule has 0 radical (unpaired) electrons. The van der Waals surface area contributed by atoms with Crippen molar-refractivity contribution in [2.75, 3.05) is 6.26 Å². The quantitative estimate of drug-likeness (QED) is 0.887. The van der Waals surface area contributed by atoms with E-state index in [1.807, 2.05) is 24.3 Å². The first kappa shape index (κ1) is 13.8. The molecule has 19 heavy (non-hydrogen) atoms. The largest absolute Gasteiger partial charge is 0.392 e. The van der Waals surface area contributed by atoms with Gasteiger partial charge in [0, 0.05) is 19.0 Å². The smallest absolute Gasteiger partial charge is 0.178 e. The summed E-state index contributed by atoms with van der Waals surface area (Å²) >= 11 is 0. The summed E-state index contributed by atoms with van der Waals surface area (Å²) in [6, 6.07) is 7.62. The van der Waals surface area contributed by atoms with Gasteiger partial charge in [0.25, 0.3) is 0 Å². The Morgan fingerprint density at radius 3 is 2.53 bits per heavy atom. The summed E-state index contributed by atoms with van der Waals surface area (Å²) in [5.74, 6) is 0. The molecule has 1 N–H and O–H groups in total. The van der Waals surface area contributed by atoms with Crippen LogP contribution in [0.4, 0.5) is 0 Å². The number of aliphatic hydroxyl groups excluding tert-OH is 1. The van der Waals surface area contributed by atoms with E-state index in [0.29, 0.717) is 13.0 Å². The van der Waals surface area contributed by atoms with Gasteiger partial charge in [-0.05, 0) is 17.5 Å². The topological polar surface area (TPSA) is 72.2 Å². The van der Waals surface area contributed by atoms with Crippen molar-refractivity contribution in [3.63, 3.8) is 0 Å². The van der Waals surface area contributed by atoms with Gasteiger partial charge in [0.1, 0.15) is 4.90 Å². The van der Waals surface area contributed by atoms with E-state index in [9.17, 15) is 13.5 Å². The lowest BCUT2D eigenvalue weighted by atomic mass is 10.1. The second-order valence-electron chi connectivity index (χ2n) is 4.39. The Labute approximate surface area is 112 Å². The molecule has 0 amide bonds. The summed E-state index contributed by atoms with van der Waals surface area (Å²) in [6.45, 7) is 0.580. The van der Waals surface area contributed by atoms with Crippen molar-refractivity contribution < 1.29 is 13.5 Å². The molecule has 1 aromatic heterocycles. The van der Waals surface area contributed by atoms with Crippen molar-refractivity contribution in [2.45, 2.75) is 24.5 Å². The summed E-state index contributed by atoms with van der Waals surface area (Å²) in [5.41, 5.74) is 1.93. The van der Waals surface area contributed by atoms with Crippen LogP contribution in [0.15, 0.2) is 41.6 Å². The maximum Gasteiger partial charge on any atom is 0.178 e. The molecule has 2 aromatic rings. The minimum Gasteiger partial charge on any atom is -0.392 e. The molecule has 0 aliphatic carbocycles. The van der Waals surface area contributed by atoms with Crippen LogP contribution in [-0.2, 0) is 29.4 Å². The Morgan fingerprint density at radius 1 is 1.26 bits per heavy atom. The molecular formula is C13H16N2O3S. The second kappa shape index (κ2) is 5.54. The van der Waals surface area contributed by atoms with Gasteiger partial charge in [-0.3, -0.25) is 4.68 Å². The van der Waals surface area contributed by atoms with Crippen LogP contribution in [-0.4, -0.2) is 29.6 Å². The normalized spacial score (nSPS) is 11.7. The second-order valence-corrected chi connectivity index (χ2v) is 6.40. The summed E-state index contributed by atoms with van der Waals surface area (Å²) in [7, 11) is -3.20. The van der Waals surface area contributed by atoms with Gasteiger partial charge in [0.05, 0.1) is 12.8 Å². The third-order valence-corrected chi connectivity index (χ3v) is 4.00. The van der Waals surface area contributed by atoms with Crippen LogP contribution in [0.3, 0.4) is 0 Å². The number of aliphatic hydroxyl groups is 1. The molecule has 0 spiro atoms. The monoisotopic (exact) mass is 280 g/mol. The number of rotatable bonds is 5. The predicted molar refractivity (Wildman–Crippen MR) is 71.4 cm³/mol. The molecule has 0 saturated heterocycles. The molecular weight excluding hydrogens is 264 g/mol. The number of hydrogen-bond acceptors (Lipinski definition) is 4. The number of aromatic nitrogens is 2. The zero-order valence-electron chi connectivity index (χ0n) is 10.7. The van der Waals surface area contributed by atoms with Gasteiger partial charge in [0.2, 0.25) is 0 Å². The lowest BCUT2D eigenvalue weighted by molar-refractivity contribution is 0.280. The molecule has 0 aliphatic heterocycles. The SMILES string of the molecule is CS(=O)(=O)c1cnn(CCc2ccccc2CO)c1. The van der Waals surface area contributed by atoms with Gasteiger partial charge in [-0.1, -0.05) is 24.3 Å². The maximum atomic E-state index is 11.3. The number of hydrogen-bond donors (Lipinski definition) is 1. The Balaban J connectivity index is 2.09. The van der Waals surface area contributed by atoms with Gasteiger partial charge in [-0.25, -0.2) is 8.42 Å². The first-order chi connectivity index (χ1) is 9.00. The van der Waals surface area contributed by atoms with E-state index in [1.165, 1.54) is 12.4 Å². The van der Waals surface area contributed by atoms with Crippen molar-refractivity contribution in [3.8, 4) is 0 Å². The van der Waals surface area contributed by atoms with E-state index in [2.05, 4.69) is 5.10 Å². The first-order valence-electron chi connectivity index (χ1n) is 5.91. The summed E-state index contributed by atoms with van der Waals surface area (Å²) in [5, 5.41) is 13.3. The summed E-state index contributed by atoms with van der Waals surface area (Å²) in [6.07, 6.45) is 4.74. The molecule has 0 bridgehead atoms. The zero-order chi connectivity index (χ0) is 13.9. The average molecular weight is 280 g/mol. The van der Waals surface area contributed by atoms with Gasteiger partial charge in [-0.15, -0.1) is 0 Å². The van der Waals surface area contributed by atoms with E-state index < -0.39 is 9.84 Å². The highest BCUT2D eigenvalue weighted by molar-refractivity contribution is 7.90. The van der Waals surface area contributed by atoms with Crippen LogP contribution in [0.2, 0.25) is 0 Å². The Kier molecular flexibility index (Phi) is 4.01. The molecule has 0 atom stereocenters. The van der Waals surface area contributed by atoms with Crippen LogP contribution in [0, 0.1) is 0 Å². The first-order valence-corrected chi connectivity index (χ1v) is 7.80. The van der Waals surface area contributed by atoms with Crippen LogP contribution in [0.1, 0.15) is 11.1 Å². The maximum absolute atomic E-state index is 11.3. The lowest BCUT2D eigenvalue weighted by Crippen LogP contribution is -2.04. The molecule has 1 aromatic carbocycles. The van der Waals surface area contributed by atoms with E-state index in [1.54, 1.807) is 4.68 Å². The van der Waals surface area contributed by atoms with Crippen LogP contribution >= 0.6 is 0 Å². The number of sulfone groups is 1.